The Labute approximate surface area is 81.1 Å². The number of benzene rings is 1. The standard InChI is InChI=1S/C9H11ClFNO/c1-5-2-3-6(11)8(9(5)10)7(12)4-13/h2-3,7,13H,4,12H2,1H3. The van der Waals surface area contributed by atoms with Crippen molar-refractivity contribution in [2.75, 3.05) is 6.61 Å². The molecule has 0 fully saturated rings. The molecule has 0 aliphatic carbocycles. The fourth-order valence-corrected chi connectivity index (χ4v) is 1.40. The number of rotatable bonds is 2. The molecule has 1 aromatic carbocycles. The molecule has 2 nitrogen and oxygen atoms in total. The third-order valence-corrected chi connectivity index (χ3v) is 2.39. The molecule has 0 bridgehead atoms. The summed E-state index contributed by atoms with van der Waals surface area (Å²) in [5.74, 6) is -0.475. The molecule has 0 spiro atoms. The maximum absolute atomic E-state index is 13.2. The van der Waals surface area contributed by atoms with Crippen molar-refractivity contribution in [1.29, 1.82) is 0 Å². The molecule has 1 rings (SSSR count). The molecule has 0 saturated carbocycles. The number of hydrogen-bond donors (Lipinski definition) is 2. The first-order valence-electron chi connectivity index (χ1n) is 3.89. The van der Waals surface area contributed by atoms with E-state index in [2.05, 4.69) is 0 Å². The van der Waals surface area contributed by atoms with Gasteiger partial charge in [0, 0.05) is 5.56 Å². The van der Waals surface area contributed by atoms with Crippen LogP contribution in [0.3, 0.4) is 0 Å². The predicted octanol–water partition coefficient (Wildman–Crippen LogP) is 1.78. The molecular weight excluding hydrogens is 193 g/mol. The van der Waals surface area contributed by atoms with Gasteiger partial charge in [-0.1, -0.05) is 17.7 Å². The van der Waals surface area contributed by atoms with Gasteiger partial charge in [0.15, 0.2) is 0 Å². The number of halogens is 2. The summed E-state index contributed by atoms with van der Waals surface area (Å²) in [5, 5.41) is 9.07. The van der Waals surface area contributed by atoms with Gasteiger partial charge < -0.3 is 10.8 Å². The summed E-state index contributed by atoms with van der Waals surface area (Å²) in [4.78, 5) is 0. The highest BCUT2D eigenvalue weighted by atomic mass is 35.5. The monoisotopic (exact) mass is 203 g/mol. The van der Waals surface area contributed by atoms with Crippen LogP contribution in [0.1, 0.15) is 17.2 Å². The smallest absolute Gasteiger partial charge is 0.129 e. The van der Waals surface area contributed by atoms with E-state index in [9.17, 15) is 4.39 Å². The Balaban J connectivity index is 3.25. The largest absolute Gasteiger partial charge is 0.394 e. The van der Waals surface area contributed by atoms with Crippen LogP contribution in [0.2, 0.25) is 5.02 Å². The van der Waals surface area contributed by atoms with Gasteiger partial charge in [-0.3, -0.25) is 0 Å². The van der Waals surface area contributed by atoms with E-state index in [1.165, 1.54) is 6.07 Å². The summed E-state index contributed by atoms with van der Waals surface area (Å²) in [6.07, 6.45) is 0. The Hall–Kier alpha value is -0.640. The predicted molar refractivity (Wildman–Crippen MR) is 50.2 cm³/mol. The number of nitrogens with two attached hydrogens (primary N) is 1. The molecule has 0 radical (unpaired) electrons. The minimum atomic E-state index is -0.757. The maximum Gasteiger partial charge on any atom is 0.129 e. The maximum atomic E-state index is 13.2. The molecule has 0 amide bonds. The van der Waals surface area contributed by atoms with Crippen molar-refractivity contribution in [3.63, 3.8) is 0 Å². The van der Waals surface area contributed by atoms with Crippen LogP contribution < -0.4 is 5.73 Å². The zero-order valence-electron chi connectivity index (χ0n) is 7.22. The van der Waals surface area contributed by atoms with Crippen LogP contribution in [0.15, 0.2) is 12.1 Å². The molecule has 3 N–H and O–H groups in total. The van der Waals surface area contributed by atoms with Crippen LogP contribution in [0.25, 0.3) is 0 Å². The van der Waals surface area contributed by atoms with Crippen LogP contribution in [0, 0.1) is 12.7 Å². The van der Waals surface area contributed by atoms with E-state index < -0.39 is 11.9 Å². The van der Waals surface area contributed by atoms with Crippen molar-refractivity contribution in [3.8, 4) is 0 Å². The summed E-state index contributed by atoms with van der Waals surface area (Å²) < 4.78 is 13.2. The Kier molecular flexibility index (Phi) is 3.25. The minimum Gasteiger partial charge on any atom is -0.394 e. The Morgan fingerprint density at radius 1 is 1.62 bits per heavy atom. The van der Waals surface area contributed by atoms with Crippen molar-refractivity contribution < 1.29 is 9.50 Å². The van der Waals surface area contributed by atoms with Gasteiger partial charge in [0.25, 0.3) is 0 Å². The minimum absolute atomic E-state index is 0.184. The Morgan fingerprint density at radius 3 is 2.77 bits per heavy atom. The molecule has 0 heterocycles. The van der Waals surface area contributed by atoms with Gasteiger partial charge in [0.2, 0.25) is 0 Å². The second-order valence-corrected chi connectivity index (χ2v) is 3.26. The SMILES string of the molecule is Cc1ccc(F)c(C(N)CO)c1Cl. The fraction of sp³-hybridized carbons (Fsp3) is 0.333. The van der Waals surface area contributed by atoms with Gasteiger partial charge in [-0.15, -0.1) is 0 Å². The van der Waals surface area contributed by atoms with Crippen molar-refractivity contribution in [2.45, 2.75) is 13.0 Å². The topological polar surface area (TPSA) is 46.2 Å². The van der Waals surface area contributed by atoms with Gasteiger partial charge in [-0.2, -0.15) is 0 Å². The molecule has 0 aliphatic heterocycles. The number of aryl methyl sites for hydroxylation is 1. The summed E-state index contributed by atoms with van der Waals surface area (Å²) in [6.45, 7) is 1.44. The lowest BCUT2D eigenvalue weighted by Gasteiger charge is -2.13. The van der Waals surface area contributed by atoms with Gasteiger partial charge in [0.1, 0.15) is 5.82 Å². The number of aliphatic hydroxyl groups is 1. The van der Waals surface area contributed by atoms with Crippen LogP contribution in [-0.4, -0.2) is 11.7 Å². The summed E-state index contributed by atoms with van der Waals surface area (Å²) in [5.41, 5.74) is 6.43. The van der Waals surface area contributed by atoms with Crippen molar-refractivity contribution in [3.05, 3.63) is 34.1 Å². The molecule has 1 unspecified atom stereocenters. The van der Waals surface area contributed by atoms with E-state index in [4.69, 9.17) is 22.4 Å². The van der Waals surface area contributed by atoms with E-state index in [-0.39, 0.29) is 12.2 Å². The lowest BCUT2D eigenvalue weighted by molar-refractivity contribution is 0.265. The van der Waals surface area contributed by atoms with E-state index in [0.29, 0.717) is 5.02 Å². The highest BCUT2D eigenvalue weighted by molar-refractivity contribution is 6.32. The number of aliphatic hydroxyl groups excluding tert-OH is 1. The molecule has 0 saturated heterocycles. The second-order valence-electron chi connectivity index (χ2n) is 2.88. The van der Waals surface area contributed by atoms with Crippen molar-refractivity contribution in [2.24, 2.45) is 5.73 Å². The van der Waals surface area contributed by atoms with Crippen LogP contribution in [-0.2, 0) is 0 Å². The molecular formula is C9H11ClFNO. The van der Waals surface area contributed by atoms with Crippen LogP contribution in [0.5, 0.6) is 0 Å². The first-order chi connectivity index (χ1) is 6.07. The zero-order chi connectivity index (χ0) is 10.0. The molecule has 1 atom stereocenters. The highest BCUT2D eigenvalue weighted by Gasteiger charge is 2.15. The molecule has 1 aromatic rings. The molecule has 4 heteroatoms. The van der Waals surface area contributed by atoms with Crippen LogP contribution in [0.4, 0.5) is 4.39 Å². The van der Waals surface area contributed by atoms with Crippen molar-refractivity contribution >= 4 is 11.6 Å². The molecule has 72 valence electrons. The van der Waals surface area contributed by atoms with Gasteiger partial charge in [-0.25, -0.2) is 4.39 Å². The van der Waals surface area contributed by atoms with E-state index in [1.807, 2.05) is 0 Å². The first kappa shape index (κ1) is 10.4. The van der Waals surface area contributed by atoms with E-state index >= 15 is 0 Å². The fourth-order valence-electron chi connectivity index (χ4n) is 1.11. The van der Waals surface area contributed by atoms with Gasteiger partial charge in [-0.05, 0) is 18.6 Å². The van der Waals surface area contributed by atoms with Gasteiger partial charge in [0.05, 0.1) is 17.7 Å². The average Bonchev–Trinajstić information content (AvgIpc) is 2.12. The summed E-state index contributed by atoms with van der Waals surface area (Å²) >= 11 is 5.84. The third kappa shape index (κ3) is 1.99. The highest BCUT2D eigenvalue weighted by Crippen LogP contribution is 2.27. The molecule has 0 aliphatic rings. The van der Waals surface area contributed by atoms with Crippen LogP contribution >= 0.6 is 11.6 Å². The summed E-state index contributed by atoms with van der Waals surface area (Å²) in [7, 11) is 0. The Bertz CT molecular complexity index is 317. The third-order valence-electron chi connectivity index (χ3n) is 1.89. The molecule has 0 aromatic heterocycles. The lowest BCUT2D eigenvalue weighted by Crippen LogP contribution is -2.17. The quantitative estimate of drug-likeness (QED) is 0.770. The van der Waals surface area contributed by atoms with Gasteiger partial charge >= 0.3 is 0 Å². The van der Waals surface area contributed by atoms with E-state index in [1.54, 1.807) is 13.0 Å². The average molecular weight is 204 g/mol. The zero-order valence-corrected chi connectivity index (χ0v) is 7.98. The van der Waals surface area contributed by atoms with Crippen molar-refractivity contribution in [1.82, 2.24) is 0 Å². The summed E-state index contributed by atoms with van der Waals surface area (Å²) in [6, 6.07) is 2.12. The number of hydrogen-bond acceptors (Lipinski definition) is 2. The molecule has 13 heavy (non-hydrogen) atoms. The second kappa shape index (κ2) is 4.05. The lowest BCUT2D eigenvalue weighted by atomic mass is 10.0. The normalized spacial score (nSPS) is 13.0. The van der Waals surface area contributed by atoms with E-state index in [0.717, 1.165) is 5.56 Å². The Morgan fingerprint density at radius 2 is 2.23 bits per heavy atom. The first-order valence-corrected chi connectivity index (χ1v) is 4.26.